The minimum atomic E-state index is 0.00457. The second kappa shape index (κ2) is 12.3. The van der Waals surface area contributed by atoms with Gasteiger partial charge >= 0.3 is 0 Å². The third-order valence-corrected chi connectivity index (χ3v) is 7.43. The minimum absolute atomic E-state index is 0.00457. The fourth-order valence-corrected chi connectivity index (χ4v) is 5.14. The van der Waals surface area contributed by atoms with Crippen LogP contribution in [0.2, 0.25) is 0 Å². The zero-order valence-electron chi connectivity index (χ0n) is 22.9. The van der Waals surface area contributed by atoms with Crippen LogP contribution in [0.1, 0.15) is 12.8 Å². The molecule has 6 rings (SSSR count). The molecule has 2 saturated heterocycles. The van der Waals surface area contributed by atoms with Crippen molar-refractivity contribution in [3.05, 3.63) is 73.4 Å². The number of hydrogen-bond donors (Lipinski definition) is 2. The Labute approximate surface area is 238 Å². The van der Waals surface area contributed by atoms with Gasteiger partial charge in [-0.15, -0.1) is 0 Å². The molecule has 0 saturated carbocycles. The lowest BCUT2D eigenvalue weighted by molar-refractivity contribution is -0.133. The van der Waals surface area contributed by atoms with Crippen LogP contribution in [0.5, 0.6) is 5.75 Å². The van der Waals surface area contributed by atoms with Gasteiger partial charge in [0.05, 0.1) is 30.9 Å². The van der Waals surface area contributed by atoms with E-state index in [0.29, 0.717) is 37.0 Å². The van der Waals surface area contributed by atoms with Crippen molar-refractivity contribution in [1.29, 1.82) is 0 Å². The largest absolute Gasteiger partial charge is 0.488 e. The number of likely N-dealkylation sites (tertiary alicyclic amines) is 1. The number of ether oxygens (including phenoxy) is 2. The second-order valence-corrected chi connectivity index (χ2v) is 10.2. The third kappa shape index (κ3) is 6.58. The van der Waals surface area contributed by atoms with Gasteiger partial charge in [0.15, 0.2) is 0 Å². The van der Waals surface area contributed by atoms with Crippen molar-refractivity contribution in [2.45, 2.75) is 25.5 Å². The molecule has 41 heavy (non-hydrogen) atoms. The smallest absolute Gasteiger partial charge is 0.242 e. The lowest BCUT2D eigenvalue weighted by atomic mass is 10.1. The fraction of sp³-hybridized carbons (Fsp3) is 0.333. The summed E-state index contributed by atoms with van der Waals surface area (Å²) in [5, 5.41) is 3.29. The number of rotatable bonds is 8. The fourth-order valence-electron chi connectivity index (χ4n) is 5.14. The van der Waals surface area contributed by atoms with Crippen LogP contribution in [0.15, 0.2) is 73.4 Å². The zero-order chi connectivity index (χ0) is 28.0. The number of nitrogens with two attached hydrogens (primary N) is 1. The molecule has 0 radical (unpaired) electrons. The van der Waals surface area contributed by atoms with Gasteiger partial charge in [0, 0.05) is 74.5 Å². The summed E-state index contributed by atoms with van der Waals surface area (Å²) in [5.74, 6) is 1.24. The molecule has 212 valence electrons. The molecule has 0 aliphatic carbocycles. The van der Waals surface area contributed by atoms with Crippen molar-refractivity contribution < 1.29 is 14.3 Å². The van der Waals surface area contributed by atoms with Crippen LogP contribution in [-0.2, 0) is 16.1 Å². The molecule has 0 atom stereocenters. The topological polar surface area (TPSA) is 124 Å². The molecular weight excluding hydrogens is 520 g/mol. The van der Waals surface area contributed by atoms with E-state index in [9.17, 15) is 4.79 Å². The van der Waals surface area contributed by atoms with Crippen LogP contribution in [0.25, 0.3) is 11.3 Å². The number of nitrogens with zero attached hydrogens (tertiary/aromatic N) is 6. The van der Waals surface area contributed by atoms with E-state index in [-0.39, 0.29) is 12.0 Å². The van der Waals surface area contributed by atoms with Gasteiger partial charge in [-0.05, 0) is 48.5 Å². The van der Waals surface area contributed by atoms with E-state index in [4.69, 9.17) is 20.2 Å². The predicted octanol–water partition coefficient (Wildman–Crippen LogP) is 3.57. The first kappa shape index (κ1) is 26.6. The van der Waals surface area contributed by atoms with Crippen molar-refractivity contribution in [3.8, 4) is 17.0 Å². The average Bonchev–Trinajstić information content (AvgIpc) is 3.53. The number of piperidine rings is 1. The maximum atomic E-state index is 12.6. The van der Waals surface area contributed by atoms with Gasteiger partial charge in [0.1, 0.15) is 18.4 Å². The van der Waals surface area contributed by atoms with Crippen molar-refractivity contribution in [2.24, 2.45) is 0 Å². The van der Waals surface area contributed by atoms with Crippen LogP contribution >= 0.6 is 0 Å². The Bertz CT molecular complexity index is 1450. The Balaban J connectivity index is 1.04. The van der Waals surface area contributed by atoms with Crippen LogP contribution in [-0.4, -0.2) is 75.8 Å². The molecule has 0 spiro atoms. The Morgan fingerprint density at radius 1 is 1.02 bits per heavy atom. The number of nitrogens with one attached hydrogen (secondary N) is 1. The van der Waals surface area contributed by atoms with E-state index in [0.717, 1.165) is 56.1 Å². The van der Waals surface area contributed by atoms with E-state index >= 15 is 0 Å². The molecule has 11 nitrogen and oxygen atoms in total. The normalized spacial score (nSPS) is 16.0. The summed E-state index contributed by atoms with van der Waals surface area (Å²) in [7, 11) is 0. The van der Waals surface area contributed by atoms with E-state index in [1.165, 1.54) is 5.69 Å². The number of anilines is 4. The number of amides is 1. The van der Waals surface area contributed by atoms with Crippen LogP contribution in [0.3, 0.4) is 0 Å². The molecule has 4 heterocycles. The third-order valence-electron chi connectivity index (χ3n) is 7.43. The van der Waals surface area contributed by atoms with Crippen molar-refractivity contribution in [2.75, 3.05) is 55.3 Å². The van der Waals surface area contributed by atoms with Crippen LogP contribution in [0, 0.1) is 0 Å². The summed E-state index contributed by atoms with van der Waals surface area (Å²) in [4.78, 5) is 29.8. The molecule has 0 bridgehead atoms. The van der Waals surface area contributed by atoms with Gasteiger partial charge in [-0.25, -0.2) is 15.0 Å². The Hall–Kier alpha value is -4.64. The SMILES string of the molecule is Nc1cc(-c2ccnc(Nc3ccc(N4CCOCC4)cc3)n2)ccc1OC1CCN(C(=O)Cn2ccnc2)CC1. The highest BCUT2D eigenvalue weighted by atomic mass is 16.5. The zero-order valence-corrected chi connectivity index (χ0v) is 22.9. The van der Waals surface area contributed by atoms with Gasteiger partial charge in [0.25, 0.3) is 0 Å². The standard InChI is InChI=1S/C30H34N8O3/c31-26-19-22(1-6-28(26)41-25-8-12-38(13-9-25)29(39)20-36-14-11-32-21-36)27-7-10-33-30(35-27)34-23-2-4-24(5-3-23)37-15-17-40-18-16-37/h1-7,10-11,14,19,21,25H,8-9,12-13,15-18,20,31H2,(H,33,34,35). The number of morpholine rings is 1. The molecular formula is C30H34N8O3. The van der Waals surface area contributed by atoms with Gasteiger partial charge < -0.3 is 34.9 Å². The monoisotopic (exact) mass is 554 g/mol. The maximum Gasteiger partial charge on any atom is 0.242 e. The number of carbonyl (C=O) groups excluding carboxylic acids is 1. The summed E-state index contributed by atoms with van der Waals surface area (Å²) >= 11 is 0. The molecule has 2 aliphatic rings. The minimum Gasteiger partial charge on any atom is -0.488 e. The quantitative estimate of drug-likeness (QED) is 0.315. The summed E-state index contributed by atoms with van der Waals surface area (Å²) in [5.41, 5.74) is 10.7. The summed E-state index contributed by atoms with van der Waals surface area (Å²) in [6.45, 7) is 4.94. The molecule has 3 N–H and O–H groups in total. The molecule has 0 unspecified atom stereocenters. The lowest BCUT2D eigenvalue weighted by Gasteiger charge is -2.32. The first-order chi connectivity index (χ1) is 20.1. The first-order valence-electron chi connectivity index (χ1n) is 13.9. The molecule has 2 aromatic heterocycles. The number of carbonyl (C=O) groups is 1. The number of aromatic nitrogens is 4. The number of imidazole rings is 1. The maximum absolute atomic E-state index is 12.6. The van der Waals surface area contributed by atoms with E-state index in [1.54, 1.807) is 29.5 Å². The second-order valence-electron chi connectivity index (χ2n) is 10.2. The summed E-state index contributed by atoms with van der Waals surface area (Å²) in [6.07, 6.45) is 8.38. The van der Waals surface area contributed by atoms with E-state index in [2.05, 4.69) is 32.3 Å². The lowest BCUT2D eigenvalue weighted by Crippen LogP contribution is -2.43. The van der Waals surface area contributed by atoms with Crippen LogP contribution < -0.4 is 20.7 Å². The van der Waals surface area contributed by atoms with Gasteiger partial charge in [-0.3, -0.25) is 4.79 Å². The number of nitrogen functional groups attached to an aromatic ring is 1. The van der Waals surface area contributed by atoms with Crippen molar-refractivity contribution in [1.82, 2.24) is 24.4 Å². The molecule has 4 aromatic rings. The van der Waals surface area contributed by atoms with Crippen molar-refractivity contribution in [3.63, 3.8) is 0 Å². The predicted molar refractivity (Wildman–Crippen MR) is 157 cm³/mol. The molecule has 2 aliphatic heterocycles. The molecule has 2 aromatic carbocycles. The van der Waals surface area contributed by atoms with E-state index in [1.807, 2.05) is 41.3 Å². The van der Waals surface area contributed by atoms with Crippen LogP contribution in [0.4, 0.5) is 23.0 Å². The molecule has 2 fully saturated rings. The first-order valence-corrected chi connectivity index (χ1v) is 13.9. The Kier molecular flexibility index (Phi) is 7.94. The molecule has 11 heteroatoms. The van der Waals surface area contributed by atoms with Gasteiger partial charge in [-0.2, -0.15) is 0 Å². The highest BCUT2D eigenvalue weighted by Gasteiger charge is 2.24. The highest BCUT2D eigenvalue weighted by Crippen LogP contribution is 2.30. The van der Waals surface area contributed by atoms with Crippen molar-refractivity contribution >= 4 is 28.9 Å². The summed E-state index contributed by atoms with van der Waals surface area (Å²) in [6, 6.07) is 15.8. The van der Waals surface area contributed by atoms with Gasteiger partial charge in [0.2, 0.25) is 11.9 Å². The van der Waals surface area contributed by atoms with E-state index < -0.39 is 0 Å². The summed E-state index contributed by atoms with van der Waals surface area (Å²) < 4.78 is 13.5. The Morgan fingerprint density at radius 3 is 2.56 bits per heavy atom. The number of hydrogen-bond acceptors (Lipinski definition) is 9. The average molecular weight is 555 g/mol. The van der Waals surface area contributed by atoms with Gasteiger partial charge in [-0.1, -0.05) is 0 Å². The molecule has 1 amide bonds. The number of benzene rings is 2. The highest BCUT2D eigenvalue weighted by molar-refractivity contribution is 5.76. The Morgan fingerprint density at radius 2 is 1.83 bits per heavy atom.